The smallest absolute Gasteiger partial charge is 0.320 e. The van der Waals surface area contributed by atoms with Crippen LogP contribution >= 0.6 is 0 Å². The van der Waals surface area contributed by atoms with Gasteiger partial charge in [-0.15, -0.1) is 0 Å². The van der Waals surface area contributed by atoms with Crippen molar-refractivity contribution in [3.8, 4) is 0 Å². The number of piperidine rings is 2. The molecule has 0 radical (unpaired) electrons. The van der Waals surface area contributed by atoms with E-state index < -0.39 is 18.4 Å². The third kappa shape index (κ3) is 5.51. The van der Waals surface area contributed by atoms with Gasteiger partial charge in [-0.2, -0.15) is 5.48 Å². The summed E-state index contributed by atoms with van der Waals surface area (Å²) >= 11 is 0. The number of nitrogens with one attached hydrogen (secondary N) is 5. The third-order valence-corrected chi connectivity index (χ3v) is 10.5. The van der Waals surface area contributed by atoms with Crippen LogP contribution in [0.2, 0.25) is 0 Å². The topological polar surface area (TPSA) is 113 Å². The van der Waals surface area contributed by atoms with Crippen LogP contribution in [0, 0.1) is 17.8 Å². The van der Waals surface area contributed by atoms with E-state index in [0.717, 1.165) is 38.6 Å². The highest BCUT2D eigenvalue weighted by molar-refractivity contribution is 5.87. The number of hydrogen-bond acceptors (Lipinski definition) is 8. The summed E-state index contributed by atoms with van der Waals surface area (Å²) < 4.78 is 16.2. The number of hydrogen-bond donors (Lipinski definition) is 5. The van der Waals surface area contributed by atoms with Crippen LogP contribution < -0.4 is 26.7 Å². The van der Waals surface area contributed by atoms with Crippen molar-refractivity contribution < 1.29 is 18.8 Å². The Morgan fingerprint density at radius 2 is 1.95 bits per heavy atom. The van der Waals surface area contributed by atoms with Gasteiger partial charge in [0, 0.05) is 37.6 Å². The number of piperazine rings is 1. The molecule has 0 aromatic rings. The van der Waals surface area contributed by atoms with E-state index in [2.05, 4.69) is 63.9 Å². The van der Waals surface area contributed by atoms with E-state index in [4.69, 9.17) is 4.84 Å². The Morgan fingerprint density at radius 3 is 2.71 bits per heavy atom. The van der Waals surface area contributed by atoms with E-state index in [0.29, 0.717) is 37.9 Å². The number of carbonyl (C=O) groups excluding carboxylic acids is 2. The molecule has 6 rings (SSSR count). The summed E-state index contributed by atoms with van der Waals surface area (Å²) in [5.74, 6) is 0.464. The van der Waals surface area contributed by atoms with Crippen LogP contribution in [-0.2, 0) is 9.63 Å². The maximum Gasteiger partial charge on any atom is 0.320 e. The first-order chi connectivity index (χ1) is 19.8. The van der Waals surface area contributed by atoms with E-state index in [-0.39, 0.29) is 54.5 Å². The number of alkyl halides is 1. The van der Waals surface area contributed by atoms with Gasteiger partial charge < -0.3 is 20.4 Å². The van der Waals surface area contributed by atoms with E-state index in [1.54, 1.807) is 4.90 Å². The van der Waals surface area contributed by atoms with Gasteiger partial charge in [-0.3, -0.25) is 25.2 Å². The fourth-order valence-corrected chi connectivity index (χ4v) is 8.49. The summed E-state index contributed by atoms with van der Waals surface area (Å²) in [7, 11) is 0. The standard InChI is InChI=1S/C29H49FN8O3/c1-5-22(39)36-12-13-37(17(4)15-36)26-19-14-20(30)24-28-32-21(35-41-28)9-7-6-8-18-10-11-31-23(16(2)3)25(18)38(27(19)33-24)29(40)34-26/h5,16-21,23-28,31-33,35H,1,6-15H2,2-4H3,(H,34,40)/t17-,18?,19?,20?,21?,23?,24?,25?,26?,27?,28?/m0/s1. The molecule has 5 N–H and O–H groups in total. The van der Waals surface area contributed by atoms with Crippen LogP contribution in [0.4, 0.5) is 9.18 Å². The molecule has 6 aliphatic rings. The van der Waals surface area contributed by atoms with Crippen LogP contribution in [-0.4, -0.2) is 108 Å². The summed E-state index contributed by atoms with van der Waals surface area (Å²) in [6.45, 7) is 12.8. The van der Waals surface area contributed by atoms with Gasteiger partial charge in [0.25, 0.3) is 0 Å². The van der Waals surface area contributed by atoms with E-state index in [1.807, 2.05) is 0 Å². The van der Waals surface area contributed by atoms with Gasteiger partial charge in [0.1, 0.15) is 12.4 Å². The lowest BCUT2D eigenvalue weighted by Crippen LogP contribution is -2.80. The molecule has 11 nitrogen and oxygen atoms in total. The van der Waals surface area contributed by atoms with Crippen LogP contribution in [0.25, 0.3) is 0 Å². The van der Waals surface area contributed by atoms with Gasteiger partial charge in [-0.05, 0) is 57.1 Å². The molecular formula is C29H49FN8O3. The Kier molecular flexibility index (Phi) is 8.59. The van der Waals surface area contributed by atoms with Gasteiger partial charge >= 0.3 is 6.03 Å². The number of fused-ring (bicyclic) bond motifs is 6. The number of rotatable bonds is 3. The summed E-state index contributed by atoms with van der Waals surface area (Å²) in [5.41, 5.74) is 3.09. The highest BCUT2D eigenvalue weighted by atomic mass is 19.1. The molecule has 6 fully saturated rings. The Bertz CT molecular complexity index is 988. The van der Waals surface area contributed by atoms with Gasteiger partial charge in [0.15, 0.2) is 0 Å². The van der Waals surface area contributed by atoms with E-state index >= 15 is 4.39 Å². The van der Waals surface area contributed by atoms with Gasteiger partial charge in [0.2, 0.25) is 5.91 Å². The van der Waals surface area contributed by atoms with Crippen molar-refractivity contribution in [2.75, 3.05) is 26.2 Å². The van der Waals surface area contributed by atoms with Crippen molar-refractivity contribution in [2.45, 2.75) is 114 Å². The van der Waals surface area contributed by atoms with Crippen molar-refractivity contribution in [2.24, 2.45) is 17.8 Å². The monoisotopic (exact) mass is 576 g/mol. The highest BCUT2D eigenvalue weighted by Crippen LogP contribution is 2.40. The van der Waals surface area contributed by atoms with Crippen LogP contribution in [0.3, 0.4) is 0 Å². The van der Waals surface area contributed by atoms with Crippen LogP contribution in [0.15, 0.2) is 12.7 Å². The lowest BCUT2D eigenvalue weighted by atomic mass is 9.76. The second kappa shape index (κ2) is 12.0. The molecule has 11 atom stereocenters. The molecule has 10 unspecified atom stereocenters. The Morgan fingerprint density at radius 1 is 1.15 bits per heavy atom. The number of urea groups is 1. The molecule has 0 aliphatic carbocycles. The number of nitrogens with zero attached hydrogens (tertiary/aromatic N) is 3. The van der Waals surface area contributed by atoms with Gasteiger partial charge in [-0.1, -0.05) is 33.3 Å². The highest BCUT2D eigenvalue weighted by Gasteiger charge is 2.56. The molecule has 3 amide bonds. The summed E-state index contributed by atoms with van der Waals surface area (Å²) in [6.07, 6.45) is 4.43. The SMILES string of the molecule is C=CC(=O)N1CCN(C2NC(=O)N3C4NC(C(F)CC42)C2NC(CCCCC4CCNC(C(C)C)C43)NO2)[C@@H](C)C1. The molecule has 41 heavy (non-hydrogen) atoms. The molecule has 0 saturated carbocycles. The summed E-state index contributed by atoms with van der Waals surface area (Å²) in [6, 6.07) is -0.508. The number of carbonyl (C=O) groups is 2. The molecular weight excluding hydrogens is 527 g/mol. The molecule has 6 aliphatic heterocycles. The van der Waals surface area contributed by atoms with Crippen molar-refractivity contribution in [1.82, 2.24) is 41.4 Å². The average Bonchev–Trinajstić information content (AvgIpc) is 3.43. The van der Waals surface area contributed by atoms with E-state index in [9.17, 15) is 9.59 Å². The van der Waals surface area contributed by atoms with Crippen LogP contribution in [0.5, 0.6) is 0 Å². The minimum Gasteiger partial charge on any atom is -0.336 e. The zero-order valence-electron chi connectivity index (χ0n) is 24.7. The van der Waals surface area contributed by atoms with Crippen molar-refractivity contribution in [3.05, 3.63) is 12.7 Å². The second-order valence-electron chi connectivity index (χ2n) is 13.4. The molecule has 230 valence electrons. The normalized spacial score (nSPS) is 43.8. The largest absolute Gasteiger partial charge is 0.336 e. The van der Waals surface area contributed by atoms with Crippen molar-refractivity contribution in [1.29, 1.82) is 0 Å². The van der Waals surface area contributed by atoms with Gasteiger partial charge in [-0.25, -0.2) is 9.18 Å². The average molecular weight is 577 g/mol. The fraction of sp³-hybridized carbons (Fsp3) is 0.862. The summed E-state index contributed by atoms with van der Waals surface area (Å²) in [5, 5.41) is 14.2. The second-order valence-corrected chi connectivity index (χ2v) is 13.4. The Balaban J connectivity index is 1.35. The minimum atomic E-state index is -1.15. The molecule has 4 bridgehead atoms. The first kappa shape index (κ1) is 29.3. The molecule has 12 heteroatoms. The zero-order chi connectivity index (χ0) is 28.8. The molecule has 6 heterocycles. The zero-order valence-corrected chi connectivity index (χ0v) is 24.7. The first-order valence-corrected chi connectivity index (χ1v) is 15.8. The fourth-order valence-electron chi connectivity index (χ4n) is 8.49. The molecule has 0 aromatic heterocycles. The van der Waals surface area contributed by atoms with Crippen molar-refractivity contribution >= 4 is 11.9 Å². The number of halogens is 1. The van der Waals surface area contributed by atoms with Gasteiger partial charge in [0.05, 0.1) is 30.6 Å². The maximum atomic E-state index is 16.2. The minimum absolute atomic E-state index is 0.00550. The van der Waals surface area contributed by atoms with Crippen molar-refractivity contribution in [3.63, 3.8) is 0 Å². The molecule has 0 spiro atoms. The predicted octanol–water partition coefficient (Wildman–Crippen LogP) is 1.05. The molecule has 0 aromatic carbocycles. The quantitative estimate of drug-likeness (QED) is 0.317. The lowest BCUT2D eigenvalue weighted by molar-refractivity contribution is -0.132. The van der Waals surface area contributed by atoms with Crippen LogP contribution in [0.1, 0.15) is 59.3 Å². The lowest BCUT2D eigenvalue weighted by Gasteiger charge is -2.59. The van der Waals surface area contributed by atoms with E-state index in [1.165, 1.54) is 6.08 Å². The number of amides is 3. The Labute approximate surface area is 243 Å². The molecule has 6 saturated heterocycles. The number of hydroxylamine groups is 1. The Hall–Kier alpha value is -1.83. The third-order valence-electron chi connectivity index (χ3n) is 10.5. The maximum absolute atomic E-state index is 16.2. The summed E-state index contributed by atoms with van der Waals surface area (Å²) in [4.78, 5) is 38.7. The first-order valence-electron chi connectivity index (χ1n) is 15.8. The predicted molar refractivity (Wildman–Crippen MR) is 153 cm³/mol.